The van der Waals surface area contributed by atoms with Crippen LogP contribution in [-0.4, -0.2) is 22.8 Å². The number of amides is 2. The van der Waals surface area contributed by atoms with E-state index in [2.05, 4.69) is 15.6 Å². The van der Waals surface area contributed by atoms with Gasteiger partial charge in [-0.2, -0.15) is 0 Å². The van der Waals surface area contributed by atoms with Gasteiger partial charge < -0.3 is 10.6 Å². The summed E-state index contributed by atoms with van der Waals surface area (Å²) in [4.78, 5) is 29.4. The number of nitrogens with zero attached hydrogens (tertiary/aromatic N) is 1. The average Bonchev–Trinajstić information content (AvgIpc) is 3.05. The summed E-state index contributed by atoms with van der Waals surface area (Å²) < 4.78 is 13.1. The molecule has 0 saturated heterocycles. The fraction of sp³-hybridized carbons (Fsp3) is 0.227. The van der Waals surface area contributed by atoms with Crippen LogP contribution in [0.1, 0.15) is 34.8 Å². The molecule has 1 aromatic heterocycles. The molecule has 2 aromatic carbocycles. The Labute approximate surface area is 173 Å². The lowest BCUT2D eigenvalue weighted by molar-refractivity contribution is -0.120. The van der Waals surface area contributed by atoms with Crippen LogP contribution >= 0.6 is 11.3 Å². The molecule has 150 valence electrons. The molecular weight excluding hydrogens is 389 g/mol. The van der Waals surface area contributed by atoms with E-state index in [0.717, 1.165) is 11.1 Å². The fourth-order valence-corrected chi connectivity index (χ4v) is 3.74. The van der Waals surface area contributed by atoms with E-state index in [1.807, 2.05) is 26.0 Å². The highest BCUT2D eigenvalue weighted by atomic mass is 32.1. The van der Waals surface area contributed by atoms with Crippen LogP contribution in [0.15, 0.2) is 48.5 Å². The van der Waals surface area contributed by atoms with Gasteiger partial charge in [-0.15, -0.1) is 11.3 Å². The van der Waals surface area contributed by atoms with Crippen molar-refractivity contribution in [3.05, 3.63) is 70.5 Å². The van der Waals surface area contributed by atoms with Crippen LogP contribution in [0.3, 0.4) is 0 Å². The van der Waals surface area contributed by atoms with Crippen LogP contribution in [0.4, 0.5) is 10.1 Å². The van der Waals surface area contributed by atoms with Gasteiger partial charge in [0, 0.05) is 17.3 Å². The van der Waals surface area contributed by atoms with Crippen molar-refractivity contribution in [1.82, 2.24) is 10.3 Å². The summed E-state index contributed by atoms with van der Waals surface area (Å²) in [5, 5.41) is 6.37. The smallest absolute Gasteiger partial charge is 0.267 e. The van der Waals surface area contributed by atoms with Crippen LogP contribution in [0, 0.1) is 12.7 Å². The quantitative estimate of drug-likeness (QED) is 0.624. The van der Waals surface area contributed by atoms with E-state index in [-0.39, 0.29) is 23.7 Å². The second-order valence-electron chi connectivity index (χ2n) is 6.99. The third-order valence-corrected chi connectivity index (χ3v) is 5.33. The standard InChI is InChI=1S/C22H22FN3O2S/c1-13(2)24-19(27)12-15-4-10-18(11-5-15)26-21(28)20-14(3)25-22(29-20)16-6-8-17(23)9-7-16/h4-11,13H,12H2,1-3H3,(H,24,27)(H,26,28). The Morgan fingerprint density at radius 2 is 1.72 bits per heavy atom. The van der Waals surface area contributed by atoms with Gasteiger partial charge >= 0.3 is 0 Å². The van der Waals surface area contributed by atoms with Gasteiger partial charge in [-0.3, -0.25) is 9.59 Å². The molecule has 3 rings (SSSR count). The highest BCUT2D eigenvalue weighted by Crippen LogP contribution is 2.28. The molecule has 29 heavy (non-hydrogen) atoms. The predicted octanol–water partition coefficient (Wildman–Crippen LogP) is 4.58. The number of benzene rings is 2. The van der Waals surface area contributed by atoms with E-state index in [1.165, 1.54) is 23.5 Å². The van der Waals surface area contributed by atoms with Crippen molar-refractivity contribution < 1.29 is 14.0 Å². The van der Waals surface area contributed by atoms with Crippen molar-refractivity contribution in [3.8, 4) is 10.6 Å². The Balaban J connectivity index is 1.67. The highest BCUT2D eigenvalue weighted by molar-refractivity contribution is 7.17. The fourth-order valence-electron chi connectivity index (χ4n) is 2.78. The Morgan fingerprint density at radius 1 is 1.07 bits per heavy atom. The summed E-state index contributed by atoms with van der Waals surface area (Å²) in [7, 11) is 0. The number of nitrogens with one attached hydrogen (secondary N) is 2. The zero-order chi connectivity index (χ0) is 21.0. The largest absolute Gasteiger partial charge is 0.354 e. The maximum atomic E-state index is 13.1. The third kappa shape index (κ3) is 5.48. The lowest BCUT2D eigenvalue weighted by Crippen LogP contribution is -2.31. The zero-order valence-corrected chi connectivity index (χ0v) is 17.3. The molecule has 2 amide bonds. The molecule has 0 spiro atoms. The number of carbonyl (C=O) groups is 2. The van der Waals surface area contributed by atoms with Crippen molar-refractivity contribution in [2.45, 2.75) is 33.2 Å². The summed E-state index contributed by atoms with van der Waals surface area (Å²) in [6, 6.07) is 13.3. The molecule has 0 bridgehead atoms. The zero-order valence-electron chi connectivity index (χ0n) is 16.5. The second kappa shape index (κ2) is 8.96. The molecule has 0 unspecified atom stereocenters. The van der Waals surface area contributed by atoms with Crippen LogP contribution in [-0.2, 0) is 11.2 Å². The molecular formula is C22H22FN3O2S. The minimum absolute atomic E-state index is 0.0367. The lowest BCUT2D eigenvalue weighted by atomic mass is 10.1. The Hall–Kier alpha value is -3.06. The van der Waals surface area contributed by atoms with Crippen molar-refractivity contribution in [2.24, 2.45) is 0 Å². The summed E-state index contributed by atoms with van der Waals surface area (Å²) in [6.07, 6.45) is 0.293. The van der Waals surface area contributed by atoms with Gasteiger partial charge in [0.15, 0.2) is 0 Å². The summed E-state index contributed by atoms with van der Waals surface area (Å²) in [5.74, 6) is -0.603. The van der Waals surface area contributed by atoms with E-state index in [0.29, 0.717) is 27.7 Å². The number of hydrogen-bond acceptors (Lipinski definition) is 4. The van der Waals surface area contributed by atoms with E-state index >= 15 is 0 Å². The minimum atomic E-state index is -0.315. The van der Waals surface area contributed by atoms with Crippen molar-refractivity contribution in [2.75, 3.05) is 5.32 Å². The molecule has 3 aromatic rings. The molecule has 0 aliphatic heterocycles. The number of anilines is 1. The first-order valence-electron chi connectivity index (χ1n) is 9.25. The number of rotatable bonds is 6. The molecule has 0 radical (unpaired) electrons. The maximum absolute atomic E-state index is 13.1. The number of carbonyl (C=O) groups excluding carboxylic acids is 2. The molecule has 0 aliphatic carbocycles. The maximum Gasteiger partial charge on any atom is 0.267 e. The van der Waals surface area contributed by atoms with E-state index < -0.39 is 0 Å². The van der Waals surface area contributed by atoms with Gasteiger partial charge in [-0.1, -0.05) is 12.1 Å². The molecule has 0 atom stereocenters. The molecule has 0 saturated carbocycles. The Morgan fingerprint density at radius 3 is 2.34 bits per heavy atom. The van der Waals surface area contributed by atoms with Crippen LogP contribution in [0.2, 0.25) is 0 Å². The summed E-state index contributed by atoms with van der Waals surface area (Å²) in [6.45, 7) is 5.60. The average molecular weight is 412 g/mol. The SMILES string of the molecule is Cc1nc(-c2ccc(F)cc2)sc1C(=O)Nc1ccc(CC(=O)NC(C)C)cc1. The van der Waals surface area contributed by atoms with Crippen LogP contribution in [0.5, 0.6) is 0 Å². The number of aryl methyl sites for hydroxylation is 1. The Kier molecular flexibility index (Phi) is 6.39. The van der Waals surface area contributed by atoms with Gasteiger partial charge in [0.25, 0.3) is 5.91 Å². The lowest BCUT2D eigenvalue weighted by Gasteiger charge is -2.09. The molecule has 0 fully saturated rings. The van der Waals surface area contributed by atoms with Gasteiger partial charge in [0.2, 0.25) is 5.91 Å². The van der Waals surface area contributed by atoms with Crippen molar-refractivity contribution in [1.29, 1.82) is 0 Å². The molecule has 1 heterocycles. The van der Waals surface area contributed by atoms with Crippen molar-refractivity contribution in [3.63, 3.8) is 0 Å². The van der Waals surface area contributed by atoms with Crippen LogP contribution < -0.4 is 10.6 Å². The molecule has 7 heteroatoms. The summed E-state index contributed by atoms with van der Waals surface area (Å²) in [5.41, 5.74) is 2.89. The topological polar surface area (TPSA) is 71.1 Å². The van der Waals surface area contributed by atoms with Crippen molar-refractivity contribution >= 4 is 28.8 Å². The van der Waals surface area contributed by atoms with Gasteiger partial charge in [-0.05, 0) is 62.7 Å². The summed E-state index contributed by atoms with van der Waals surface area (Å²) >= 11 is 1.26. The second-order valence-corrected chi connectivity index (χ2v) is 7.99. The molecule has 2 N–H and O–H groups in total. The van der Waals surface area contributed by atoms with Gasteiger partial charge in [0.1, 0.15) is 15.7 Å². The normalized spacial score (nSPS) is 10.8. The number of hydrogen-bond donors (Lipinski definition) is 2. The highest BCUT2D eigenvalue weighted by Gasteiger charge is 2.16. The first kappa shape index (κ1) is 20.7. The monoisotopic (exact) mass is 411 g/mol. The predicted molar refractivity (Wildman–Crippen MR) is 114 cm³/mol. The number of aromatic nitrogens is 1. The minimum Gasteiger partial charge on any atom is -0.354 e. The van der Waals surface area contributed by atoms with E-state index in [4.69, 9.17) is 0 Å². The third-order valence-electron chi connectivity index (χ3n) is 4.12. The van der Waals surface area contributed by atoms with Crippen LogP contribution in [0.25, 0.3) is 10.6 Å². The van der Waals surface area contributed by atoms with E-state index in [9.17, 15) is 14.0 Å². The number of halogens is 1. The molecule has 0 aliphatic rings. The van der Waals surface area contributed by atoms with Gasteiger partial charge in [-0.25, -0.2) is 9.37 Å². The first-order chi connectivity index (χ1) is 13.8. The molecule has 5 nitrogen and oxygen atoms in total. The first-order valence-corrected chi connectivity index (χ1v) is 10.1. The number of thiazole rings is 1. The van der Waals surface area contributed by atoms with E-state index in [1.54, 1.807) is 31.2 Å². The van der Waals surface area contributed by atoms with Gasteiger partial charge in [0.05, 0.1) is 12.1 Å². The Bertz CT molecular complexity index is 1010.